The Morgan fingerprint density at radius 2 is 1.58 bits per heavy atom. The molecule has 0 N–H and O–H groups in total. The summed E-state index contributed by atoms with van der Waals surface area (Å²) in [4.78, 5) is 2.31. The molecule has 0 aliphatic rings. The molecule has 0 radical (unpaired) electrons. The lowest BCUT2D eigenvalue weighted by molar-refractivity contribution is 0.867. The van der Waals surface area contributed by atoms with Crippen LogP contribution in [0.3, 0.4) is 0 Å². The van der Waals surface area contributed by atoms with E-state index in [0.717, 1.165) is 24.1 Å². The third kappa shape index (κ3) is 1.91. The lowest BCUT2D eigenvalue weighted by Gasteiger charge is -2.22. The van der Waals surface area contributed by atoms with Crippen LogP contribution in [0.2, 0.25) is 0 Å². The molecule has 0 fully saturated rings. The minimum atomic E-state index is 0.951. The van der Waals surface area contributed by atoms with Gasteiger partial charge in [-0.2, -0.15) is 0 Å². The molecule has 0 amide bonds. The fourth-order valence-corrected chi connectivity index (χ4v) is 2.57. The zero-order valence-corrected chi connectivity index (χ0v) is 11.3. The summed E-state index contributed by atoms with van der Waals surface area (Å²) in [5.41, 5.74) is 3.11. The molecule has 3 heteroatoms. The minimum Gasteiger partial charge on any atom is -0.370 e. The SMILES string of the molecule is CCN(CC)c1cccc2c1nnc1ccccc12. The van der Waals surface area contributed by atoms with Crippen molar-refractivity contribution in [1.29, 1.82) is 0 Å². The molecular weight excluding hydrogens is 234 g/mol. The minimum absolute atomic E-state index is 0.951. The van der Waals surface area contributed by atoms with Crippen LogP contribution < -0.4 is 4.90 Å². The van der Waals surface area contributed by atoms with Crippen LogP contribution in [0.15, 0.2) is 42.5 Å². The van der Waals surface area contributed by atoms with Gasteiger partial charge in [0.25, 0.3) is 0 Å². The second-order valence-corrected chi connectivity index (χ2v) is 4.56. The lowest BCUT2D eigenvalue weighted by atomic mass is 10.1. The second-order valence-electron chi connectivity index (χ2n) is 4.56. The van der Waals surface area contributed by atoms with Crippen LogP contribution >= 0.6 is 0 Å². The molecule has 19 heavy (non-hydrogen) atoms. The Balaban J connectivity index is 2.35. The summed E-state index contributed by atoms with van der Waals surface area (Å²) in [5, 5.41) is 11.1. The van der Waals surface area contributed by atoms with Gasteiger partial charge in [-0.05, 0) is 26.0 Å². The van der Waals surface area contributed by atoms with Crippen LogP contribution in [-0.4, -0.2) is 23.3 Å². The average molecular weight is 251 g/mol. The first-order valence-electron chi connectivity index (χ1n) is 6.74. The Kier molecular flexibility index (Phi) is 3.03. The van der Waals surface area contributed by atoms with E-state index >= 15 is 0 Å². The maximum atomic E-state index is 4.43. The Labute approximate surface area is 112 Å². The molecule has 3 rings (SSSR count). The van der Waals surface area contributed by atoms with Crippen LogP contribution in [0, 0.1) is 0 Å². The van der Waals surface area contributed by atoms with Crippen LogP contribution in [0.1, 0.15) is 13.8 Å². The number of anilines is 1. The van der Waals surface area contributed by atoms with Crippen molar-refractivity contribution in [2.24, 2.45) is 0 Å². The molecule has 0 aliphatic heterocycles. The number of hydrogen-bond donors (Lipinski definition) is 0. The van der Waals surface area contributed by atoms with Crippen molar-refractivity contribution >= 4 is 27.5 Å². The van der Waals surface area contributed by atoms with Gasteiger partial charge < -0.3 is 4.90 Å². The lowest BCUT2D eigenvalue weighted by Crippen LogP contribution is -2.22. The zero-order chi connectivity index (χ0) is 13.2. The number of rotatable bonds is 3. The number of hydrogen-bond acceptors (Lipinski definition) is 3. The highest BCUT2D eigenvalue weighted by Gasteiger charge is 2.10. The topological polar surface area (TPSA) is 29.0 Å². The molecule has 1 heterocycles. The quantitative estimate of drug-likeness (QED) is 0.666. The summed E-state index contributed by atoms with van der Waals surface area (Å²) >= 11 is 0. The van der Waals surface area contributed by atoms with Crippen molar-refractivity contribution in [3.8, 4) is 0 Å². The molecule has 96 valence electrons. The molecular formula is C16H17N3. The van der Waals surface area contributed by atoms with Crippen LogP contribution in [0.5, 0.6) is 0 Å². The fourth-order valence-electron chi connectivity index (χ4n) is 2.57. The number of nitrogens with zero attached hydrogens (tertiary/aromatic N) is 3. The summed E-state index contributed by atoms with van der Waals surface area (Å²) in [6.45, 7) is 6.28. The van der Waals surface area contributed by atoms with Crippen molar-refractivity contribution in [3.63, 3.8) is 0 Å². The van der Waals surface area contributed by atoms with Gasteiger partial charge in [-0.15, -0.1) is 10.2 Å². The molecule has 0 atom stereocenters. The van der Waals surface area contributed by atoms with E-state index in [9.17, 15) is 0 Å². The molecule has 1 aromatic heterocycles. The van der Waals surface area contributed by atoms with Gasteiger partial charge in [-0.1, -0.05) is 30.3 Å². The Hall–Kier alpha value is -2.16. The van der Waals surface area contributed by atoms with E-state index in [-0.39, 0.29) is 0 Å². The van der Waals surface area contributed by atoms with Gasteiger partial charge in [0.2, 0.25) is 0 Å². The predicted octanol–water partition coefficient (Wildman–Crippen LogP) is 3.63. The van der Waals surface area contributed by atoms with E-state index in [4.69, 9.17) is 0 Å². The average Bonchev–Trinajstić information content (AvgIpc) is 2.48. The molecule has 3 nitrogen and oxygen atoms in total. The van der Waals surface area contributed by atoms with Gasteiger partial charge in [0.05, 0.1) is 11.2 Å². The summed E-state index contributed by atoms with van der Waals surface area (Å²) in [7, 11) is 0. The molecule has 0 bridgehead atoms. The van der Waals surface area contributed by atoms with Crippen molar-refractivity contribution < 1.29 is 0 Å². The molecule has 0 aliphatic carbocycles. The summed E-state index contributed by atoms with van der Waals surface area (Å²) in [6.07, 6.45) is 0. The summed E-state index contributed by atoms with van der Waals surface area (Å²) in [6, 6.07) is 14.5. The first-order valence-corrected chi connectivity index (χ1v) is 6.74. The van der Waals surface area contributed by atoms with Gasteiger partial charge >= 0.3 is 0 Å². The number of fused-ring (bicyclic) bond motifs is 3. The van der Waals surface area contributed by atoms with Crippen molar-refractivity contribution in [2.75, 3.05) is 18.0 Å². The Morgan fingerprint density at radius 1 is 0.842 bits per heavy atom. The zero-order valence-electron chi connectivity index (χ0n) is 11.3. The second kappa shape index (κ2) is 4.84. The van der Waals surface area contributed by atoms with E-state index in [1.54, 1.807) is 0 Å². The van der Waals surface area contributed by atoms with Crippen molar-refractivity contribution in [1.82, 2.24) is 10.2 Å². The number of aromatic nitrogens is 2. The Morgan fingerprint density at radius 3 is 2.37 bits per heavy atom. The highest BCUT2D eigenvalue weighted by molar-refractivity contribution is 6.07. The van der Waals surface area contributed by atoms with Crippen LogP contribution in [0.25, 0.3) is 21.8 Å². The van der Waals surface area contributed by atoms with E-state index in [1.807, 2.05) is 18.2 Å². The first-order chi connectivity index (χ1) is 9.35. The van der Waals surface area contributed by atoms with Gasteiger partial charge in [0.1, 0.15) is 5.52 Å². The number of benzene rings is 2. The van der Waals surface area contributed by atoms with Crippen LogP contribution in [0.4, 0.5) is 5.69 Å². The monoisotopic (exact) mass is 251 g/mol. The molecule has 3 aromatic rings. The predicted molar refractivity (Wildman–Crippen MR) is 80.6 cm³/mol. The maximum absolute atomic E-state index is 4.43. The van der Waals surface area contributed by atoms with Crippen molar-refractivity contribution in [3.05, 3.63) is 42.5 Å². The highest BCUT2D eigenvalue weighted by atomic mass is 15.2. The third-order valence-electron chi connectivity index (χ3n) is 3.57. The van der Waals surface area contributed by atoms with Gasteiger partial charge in [-0.3, -0.25) is 0 Å². The Bertz CT molecular complexity index is 717. The van der Waals surface area contributed by atoms with E-state index in [0.29, 0.717) is 0 Å². The van der Waals surface area contributed by atoms with Gasteiger partial charge in [-0.25, -0.2) is 0 Å². The van der Waals surface area contributed by atoms with E-state index in [1.165, 1.54) is 16.5 Å². The normalized spacial score (nSPS) is 11.1. The van der Waals surface area contributed by atoms with Gasteiger partial charge in [0, 0.05) is 23.9 Å². The molecule has 0 saturated heterocycles. The maximum Gasteiger partial charge on any atom is 0.117 e. The smallest absolute Gasteiger partial charge is 0.117 e. The van der Waals surface area contributed by atoms with E-state index in [2.05, 4.69) is 53.2 Å². The largest absolute Gasteiger partial charge is 0.370 e. The molecule has 2 aromatic carbocycles. The highest BCUT2D eigenvalue weighted by Crippen LogP contribution is 2.28. The first kappa shape index (κ1) is 11.9. The third-order valence-corrected chi connectivity index (χ3v) is 3.57. The van der Waals surface area contributed by atoms with Gasteiger partial charge in [0.15, 0.2) is 0 Å². The fraction of sp³-hybridized carbons (Fsp3) is 0.250. The molecule has 0 unspecified atom stereocenters. The summed E-state index contributed by atoms with van der Waals surface area (Å²) in [5.74, 6) is 0. The molecule has 0 spiro atoms. The summed E-state index contributed by atoms with van der Waals surface area (Å²) < 4.78 is 0. The van der Waals surface area contributed by atoms with Crippen molar-refractivity contribution in [2.45, 2.75) is 13.8 Å². The molecule has 0 saturated carbocycles. The van der Waals surface area contributed by atoms with E-state index < -0.39 is 0 Å². The standard InChI is InChI=1S/C16H17N3/c1-3-19(4-2)15-11-7-9-13-12-8-5-6-10-14(12)17-18-16(13)15/h5-11H,3-4H2,1-2H3. The van der Waals surface area contributed by atoms with Crippen LogP contribution in [-0.2, 0) is 0 Å².